The van der Waals surface area contributed by atoms with Crippen LogP contribution in [0.5, 0.6) is 0 Å². The summed E-state index contributed by atoms with van der Waals surface area (Å²) in [5, 5.41) is 12.4. The summed E-state index contributed by atoms with van der Waals surface area (Å²) >= 11 is 0. The SMILES string of the molecule is CC(C)C[C@H](CO)NCc1cncnc1. The Morgan fingerprint density at radius 3 is 2.53 bits per heavy atom. The van der Waals surface area contributed by atoms with Gasteiger partial charge >= 0.3 is 0 Å². The number of aromatic nitrogens is 2. The molecule has 2 N–H and O–H groups in total. The predicted octanol–water partition coefficient (Wildman–Crippen LogP) is 0.973. The monoisotopic (exact) mass is 209 g/mol. The van der Waals surface area contributed by atoms with Crippen LogP contribution in [0.2, 0.25) is 0 Å². The Hall–Kier alpha value is -1.00. The molecule has 1 atom stereocenters. The molecule has 0 amide bonds. The van der Waals surface area contributed by atoms with E-state index >= 15 is 0 Å². The van der Waals surface area contributed by atoms with E-state index in [0.717, 1.165) is 12.0 Å². The number of aliphatic hydroxyl groups is 1. The Labute approximate surface area is 90.8 Å². The van der Waals surface area contributed by atoms with Crippen molar-refractivity contribution in [2.24, 2.45) is 5.92 Å². The molecule has 4 heteroatoms. The lowest BCUT2D eigenvalue weighted by Crippen LogP contribution is -2.33. The Balaban J connectivity index is 2.34. The van der Waals surface area contributed by atoms with Gasteiger partial charge in [-0.25, -0.2) is 9.97 Å². The third-order valence-electron chi connectivity index (χ3n) is 2.19. The molecule has 0 aliphatic heterocycles. The minimum Gasteiger partial charge on any atom is -0.395 e. The van der Waals surface area contributed by atoms with E-state index in [2.05, 4.69) is 29.1 Å². The number of hydrogen-bond donors (Lipinski definition) is 2. The number of nitrogens with zero attached hydrogens (tertiary/aromatic N) is 2. The van der Waals surface area contributed by atoms with Crippen molar-refractivity contribution in [1.82, 2.24) is 15.3 Å². The van der Waals surface area contributed by atoms with Gasteiger partial charge in [0.25, 0.3) is 0 Å². The summed E-state index contributed by atoms with van der Waals surface area (Å²) in [5.41, 5.74) is 1.04. The molecule has 1 rings (SSSR count). The highest BCUT2D eigenvalue weighted by molar-refractivity contribution is 5.01. The highest BCUT2D eigenvalue weighted by Crippen LogP contribution is 2.05. The summed E-state index contributed by atoms with van der Waals surface area (Å²) in [6.07, 6.45) is 6.05. The topological polar surface area (TPSA) is 58.0 Å². The maximum atomic E-state index is 9.16. The summed E-state index contributed by atoms with van der Waals surface area (Å²) in [4.78, 5) is 7.87. The van der Waals surface area contributed by atoms with E-state index < -0.39 is 0 Å². The van der Waals surface area contributed by atoms with Crippen molar-refractivity contribution >= 4 is 0 Å². The van der Waals surface area contributed by atoms with Crippen molar-refractivity contribution < 1.29 is 5.11 Å². The summed E-state index contributed by atoms with van der Waals surface area (Å²) in [6.45, 7) is 5.18. The fourth-order valence-corrected chi connectivity index (χ4v) is 1.47. The quantitative estimate of drug-likeness (QED) is 0.733. The third-order valence-corrected chi connectivity index (χ3v) is 2.19. The van der Waals surface area contributed by atoms with Gasteiger partial charge in [-0.15, -0.1) is 0 Å². The number of nitrogens with one attached hydrogen (secondary N) is 1. The lowest BCUT2D eigenvalue weighted by Gasteiger charge is -2.17. The predicted molar refractivity (Wildman–Crippen MR) is 59.2 cm³/mol. The lowest BCUT2D eigenvalue weighted by molar-refractivity contribution is 0.223. The average Bonchev–Trinajstić information content (AvgIpc) is 2.25. The second-order valence-corrected chi connectivity index (χ2v) is 4.14. The van der Waals surface area contributed by atoms with Gasteiger partial charge in [0.05, 0.1) is 6.61 Å². The molecule has 1 aromatic heterocycles. The first-order valence-electron chi connectivity index (χ1n) is 5.30. The first kappa shape index (κ1) is 12.1. The summed E-state index contributed by atoms with van der Waals surface area (Å²) < 4.78 is 0. The van der Waals surface area contributed by atoms with E-state index in [9.17, 15) is 0 Å². The molecule has 0 unspecified atom stereocenters. The first-order valence-corrected chi connectivity index (χ1v) is 5.30. The molecule has 0 aliphatic rings. The van der Waals surface area contributed by atoms with Gasteiger partial charge in [0.1, 0.15) is 6.33 Å². The van der Waals surface area contributed by atoms with Crippen LogP contribution in [0, 0.1) is 5.92 Å². The highest BCUT2D eigenvalue weighted by atomic mass is 16.3. The van der Waals surface area contributed by atoms with E-state index in [1.165, 1.54) is 6.33 Å². The Morgan fingerprint density at radius 2 is 2.00 bits per heavy atom. The highest BCUT2D eigenvalue weighted by Gasteiger charge is 2.08. The molecular weight excluding hydrogens is 190 g/mol. The molecule has 1 heterocycles. The maximum Gasteiger partial charge on any atom is 0.115 e. The van der Waals surface area contributed by atoms with Gasteiger partial charge in [-0.3, -0.25) is 0 Å². The Kier molecular flexibility index (Phi) is 5.21. The number of hydrogen-bond acceptors (Lipinski definition) is 4. The molecule has 0 bridgehead atoms. The van der Waals surface area contributed by atoms with Crippen molar-refractivity contribution in [3.05, 3.63) is 24.3 Å². The molecule has 0 saturated carbocycles. The normalized spacial score (nSPS) is 13.1. The molecular formula is C11H19N3O. The van der Waals surface area contributed by atoms with Crippen molar-refractivity contribution in [3.63, 3.8) is 0 Å². The largest absolute Gasteiger partial charge is 0.395 e. The van der Waals surface area contributed by atoms with Gasteiger partial charge in [-0.05, 0) is 12.3 Å². The maximum absolute atomic E-state index is 9.16. The molecule has 84 valence electrons. The number of rotatable bonds is 6. The third kappa shape index (κ3) is 4.85. The Bertz CT molecular complexity index is 264. The standard InChI is InChI=1S/C11H19N3O/c1-9(2)3-11(7-15)14-6-10-4-12-8-13-5-10/h4-5,8-9,11,14-15H,3,6-7H2,1-2H3/t11-/m1/s1. The molecule has 0 radical (unpaired) electrons. The van der Waals surface area contributed by atoms with Crippen LogP contribution in [0.1, 0.15) is 25.8 Å². The fourth-order valence-electron chi connectivity index (χ4n) is 1.47. The van der Waals surface area contributed by atoms with Gasteiger partial charge in [-0.1, -0.05) is 13.8 Å². The zero-order valence-corrected chi connectivity index (χ0v) is 9.35. The summed E-state index contributed by atoms with van der Waals surface area (Å²) in [6, 6.07) is 0.158. The first-order chi connectivity index (χ1) is 7.22. The van der Waals surface area contributed by atoms with Crippen LogP contribution >= 0.6 is 0 Å². The van der Waals surface area contributed by atoms with Crippen LogP contribution in [0.4, 0.5) is 0 Å². The van der Waals surface area contributed by atoms with Crippen molar-refractivity contribution in [2.75, 3.05) is 6.61 Å². The fraction of sp³-hybridized carbons (Fsp3) is 0.636. The van der Waals surface area contributed by atoms with Gasteiger partial charge in [-0.2, -0.15) is 0 Å². The van der Waals surface area contributed by atoms with Gasteiger partial charge in [0, 0.05) is 30.5 Å². The lowest BCUT2D eigenvalue weighted by atomic mass is 10.0. The molecule has 0 saturated heterocycles. The zero-order chi connectivity index (χ0) is 11.1. The average molecular weight is 209 g/mol. The minimum absolute atomic E-state index is 0.158. The smallest absolute Gasteiger partial charge is 0.115 e. The minimum atomic E-state index is 0.158. The van der Waals surface area contributed by atoms with Crippen molar-refractivity contribution in [2.45, 2.75) is 32.9 Å². The van der Waals surface area contributed by atoms with Gasteiger partial charge < -0.3 is 10.4 Å². The van der Waals surface area contributed by atoms with Crippen LogP contribution < -0.4 is 5.32 Å². The molecule has 0 spiro atoms. The van der Waals surface area contributed by atoms with E-state index in [4.69, 9.17) is 5.11 Å². The van der Waals surface area contributed by atoms with Crippen LogP contribution in [-0.2, 0) is 6.54 Å². The molecule has 0 aliphatic carbocycles. The second kappa shape index (κ2) is 6.48. The van der Waals surface area contributed by atoms with Crippen LogP contribution in [-0.4, -0.2) is 27.7 Å². The van der Waals surface area contributed by atoms with E-state index in [0.29, 0.717) is 12.5 Å². The molecule has 0 fully saturated rings. The van der Waals surface area contributed by atoms with E-state index in [1.54, 1.807) is 12.4 Å². The second-order valence-electron chi connectivity index (χ2n) is 4.14. The van der Waals surface area contributed by atoms with Crippen LogP contribution in [0.25, 0.3) is 0 Å². The zero-order valence-electron chi connectivity index (χ0n) is 9.35. The summed E-state index contributed by atoms with van der Waals surface area (Å²) in [7, 11) is 0. The van der Waals surface area contributed by atoms with Crippen LogP contribution in [0.15, 0.2) is 18.7 Å². The van der Waals surface area contributed by atoms with Crippen molar-refractivity contribution in [1.29, 1.82) is 0 Å². The van der Waals surface area contributed by atoms with E-state index in [-0.39, 0.29) is 12.6 Å². The molecule has 4 nitrogen and oxygen atoms in total. The van der Waals surface area contributed by atoms with Crippen LogP contribution in [0.3, 0.4) is 0 Å². The molecule has 0 aromatic carbocycles. The van der Waals surface area contributed by atoms with Crippen molar-refractivity contribution in [3.8, 4) is 0 Å². The Morgan fingerprint density at radius 1 is 1.33 bits per heavy atom. The van der Waals surface area contributed by atoms with E-state index in [1.807, 2.05) is 0 Å². The summed E-state index contributed by atoms with van der Waals surface area (Å²) in [5.74, 6) is 0.585. The molecule has 1 aromatic rings. The molecule has 15 heavy (non-hydrogen) atoms. The van der Waals surface area contributed by atoms with Gasteiger partial charge in [0.2, 0.25) is 0 Å². The van der Waals surface area contributed by atoms with Gasteiger partial charge in [0.15, 0.2) is 0 Å². The number of aliphatic hydroxyl groups excluding tert-OH is 1.